The van der Waals surface area contributed by atoms with Crippen LogP contribution in [0.3, 0.4) is 0 Å². The van der Waals surface area contributed by atoms with Gasteiger partial charge in [-0.25, -0.2) is 0 Å². The van der Waals surface area contributed by atoms with Crippen LogP contribution in [-0.2, 0) is 25.2 Å². The van der Waals surface area contributed by atoms with Crippen molar-refractivity contribution in [3.8, 4) is 0 Å². The Kier molecular flexibility index (Phi) is 10.5. The van der Waals surface area contributed by atoms with Crippen LogP contribution in [0, 0.1) is 10.1 Å². The third-order valence-corrected chi connectivity index (χ3v) is 5.56. The molecule has 0 fully saturated rings. The van der Waals surface area contributed by atoms with Crippen molar-refractivity contribution in [3.05, 3.63) is 33.9 Å². The Morgan fingerprint density at radius 2 is 1.90 bits per heavy atom. The van der Waals surface area contributed by atoms with Crippen molar-refractivity contribution in [3.63, 3.8) is 0 Å². The highest BCUT2D eigenvalue weighted by atomic mass is 32.3. The Morgan fingerprint density at radius 1 is 1.24 bits per heavy atom. The molecule has 0 radical (unpaired) electrons. The summed E-state index contributed by atoms with van der Waals surface area (Å²) in [5, 5.41) is 10.9. The molecule has 0 aliphatic carbocycles. The van der Waals surface area contributed by atoms with E-state index in [9.17, 15) is 18.5 Å². The summed E-state index contributed by atoms with van der Waals surface area (Å²) < 4.78 is 27.5. The standard InChI is InChI=1S/C16H26N4O2.C2H6O4S/c1-4-18(10-9-17(2)3)11-12-19-8-7-14-5-6-15(20(21)22)13-16(14)19;1-5-7(3,4)6-2/h5-6,13H,4,7-12H2,1-3H3;1-2H3/p+1. The van der Waals surface area contributed by atoms with Gasteiger partial charge in [-0.3, -0.25) is 23.4 Å². The number of benzene rings is 1. The van der Waals surface area contributed by atoms with Crippen molar-refractivity contribution in [2.75, 3.05) is 72.5 Å². The van der Waals surface area contributed by atoms with Gasteiger partial charge in [-0.1, -0.05) is 13.0 Å². The molecular weight excluding hydrogens is 400 g/mol. The van der Waals surface area contributed by atoms with E-state index in [1.165, 1.54) is 10.5 Å². The molecule has 0 bridgehead atoms. The van der Waals surface area contributed by atoms with E-state index in [2.05, 4.69) is 39.2 Å². The van der Waals surface area contributed by atoms with Crippen LogP contribution in [0.5, 0.6) is 0 Å². The van der Waals surface area contributed by atoms with Crippen LogP contribution in [0.15, 0.2) is 18.2 Å². The minimum atomic E-state index is -3.66. The van der Waals surface area contributed by atoms with Crippen LogP contribution in [0.2, 0.25) is 0 Å². The van der Waals surface area contributed by atoms with Gasteiger partial charge >= 0.3 is 10.4 Å². The zero-order chi connectivity index (χ0) is 22.0. The van der Waals surface area contributed by atoms with E-state index in [4.69, 9.17) is 0 Å². The summed E-state index contributed by atoms with van der Waals surface area (Å²) in [6, 6.07) is 5.24. The monoisotopic (exact) mass is 433 g/mol. The number of rotatable bonds is 10. The van der Waals surface area contributed by atoms with Crippen molar-refractivity contribution in [1.82, 2.24) is 4.90 Å². The third-order valence-electron chi connectivity index (χ3n) is 4.74. The summed E-state index contributed by atoms with van der Waals surface area (Å²) in [6.07, 6.45) is 0.987. The van der Waals surface area contributed by atoms with E-state index in [0.29, 0.717) is 0 Å². The zero-order valence-corrected chi connectivity index (χ0v) is 18.7. The lowest BCUT2D eigenvalue weighted by Gasteiger charge is -2.26. The molecule has 2 rings (SSSR count). The Labute approximate surface area is 173 Å². The van der Waals surface area contributed by atoms with Crippen molar-refractivity contribution in [2.45, 2.75) is 13.3 Å². The molecule has 0 unspecified atom stereocenters. The fraction of sp³-hybridized carbons (Fsp3) is 0.667. The van der Waals surface area contributed by atoms with E-state index in [1.54, 1.807) is 12.1 Å². The Hall–Kier alpha value is -1.79. The van der Waals surface area contributed by atoms with Crippen LogP contribution < -0.4 is 9.80 Å². The number of fused-ring (bicyclic) bond motifs is 1. The highest BCUT2D eigenvalue weighted by Gasteiger charge is 2.22. The smallest absolute Gasteiger partial charge is 0.369 e. The summed E-state index contributed by atoms with van der Waals surface area (Å²) in [7, 11) is 2.74. The Bertz CT molecular complexity index is 747. The Morgan fingerprint density at radius 3 is 2.38 bits per heavy atom. The van der Waals surface area contributed by atoms with Gasteiger partial charge in [0.1, 0.15) is 0 Å². The summed E-state index contributed by atoms with van der Waals surface area (Å²) in [5.41, 5.74) is 2.46. The number of nitro benzene ring substituents is 1. The average molecular weight is 434 g/mol. The van der Waals surface area contributed by atoms with Gasteiger partial charge in [-0.05, 0) is 18.5 Å². The van der Waals surface area contributed by atoms with Gasteiger partial charge in [0.15, 0.2) is 0 Å². The minimum Gasteiger partial charge on any atom is -0.369 e. The van der Waals surface area contributed by atoms with Crippen molar-refractivity contribution in [1.29, 1.82) is 0 Å². The summed E-state index contributed by atoms with van der Waals surface area (Å²) in [4.78, 5) is 16.8. The van der Waals surface area contributed by atoms with E-state index < -0.39 is 10.4 Å². The van der Waals surface area contributed by atoms with Gasteiger partial charge in [0.2, 0.25) is 0 Å². The van der Waals surface area contributed by atoms with Gasteiger partial charge in [0.05, 0.1) is 39.8 Å². The maximum atomic E-state index is 10.9. The number of non-ortho nitro benzene ring substituents is 1. The van der Waals surface area contributed by atoms with Gasteiger partial charge in [-0.15, -0.1) is 0 Å². The number of nitro groups is 1. The van der Waals surface area contributed by atoms with Crippen LogP contribution in [0.4, 0.5) is 11.4 Å². The van der Waals surface area contributed by atoms with Crippen LogP contribution in [0.25, 0.3) is 0 Å². The zero-order valence-electron chi connectivity index (χ0n) is 17.9. The van der Waals surface area contributed by atoms with Crippen LogP contribution in [0.1, 0.15) is 12.5 Å². The number of quaternary nitrogens is 1. The molecule has 1 aromatic rings. The predicted molar refractivity (Wildman–Crippen MR) is 112 cm³/mol. The first-order chi connectivity index (χ1) is 13.6. The largest absolute Gasteiger partial charge is 0.399 e. The summed E-state index contributed by atoms with van der Waals surface area (Å²) in [6.45, 7) is 8.37. The molecule has 1 heterocycles. The highest BCUT2D eigenvalue weighted by Crippen LogP contribution is 2.31. The fourth-order valence-corrected chi connectivity index (χ4v) is 3.06. The molecule has 0 spiro atoms. The molecule has 0 amide bonds. The molecule has 29 heavy (non-hydrogen) atoms. The molecule has 0 aromatic heterocycles. The molecule has 1 aromatic carbocycles. The SMILES string of the molecule is CCN(CCN1CCc2ccc([N+](=O)[O-])cc21)CC[NH+](C)C.COS(=O)(=O)OC. The van der Waals surface area contributed by atoms with Crippen molar-refractivity contribution < 1.29 is 26.6 Å². The van der Waals surface area contributed by atoms with E-state index in [1.807, 2.05) is 6.07 Å². The number of nitrogens with zero attached hydrogens (tertiary/aromatic N) is 3. The highest BCUT2D eigenvalue weighted by molar-refractivity contribution is 7.81. The van der Waals surface area contributed by atoms with Crippen molar-refractivity contribution in [2.24, 2.45) is 0 Å². The second-order valence-electron chi connectivity index (χ2n) is 6.94. The molecule has 1 N–H and O–H groups in total. The second-order valence-corrected chi connectivity index (χ2v) is 8.42. The maximum Gasteiger partial charge on any atom is 0.399 e. The van der Waals surface area contributed by atoms with Gasteiger partial charge < -0.3 is 9.80 Å². The van der Waals surface area contributed by atoms with Crippen LogP contribution in [-0.4, -0.2) is 85.8 Å². The molecule has 1 aliphatic heterocycles. The molecule has 0 atom stereocenters. The number of hydrogen-bond donors (Lipinski definition) is 1. The first-order valence-electron chi connectivity index (χ1n) is 9.53. The fourth-order valence-electron chi connectivity index (χ4n) is 2.92. The number of hydrogen-bond acceptors (Lipinski definition) is 8. The Balaban J connectivity index is 0.000000516. The van der Waals surface area contributed by atoms with E-state index in [0.717, 1.165) is 65.6 Å². The van der Waals surface area contributed by atoms with Gasteiger partial charge in [-0.2, -0.15) is 8.42 Å². The first-order valence-corrected chi connectivity index (χ1v) is 10.9. The second kappa shape index (κ2) is 12.0. The quantitative estimate of drug-likeness (QED) is 0.404. The van der Waals surface area contributed by atoms with E-state index in [-0.39, 0.29) is 10.6 Å². The number of nitrogens with one attached hydrogen (secondary N) is 1. The topological polar surface area (TPSA) is 107 Å². The molecule has 10 nitrogen and oxygen atoms in total. The molecular formula is C18H33N4O6S+. The predicted octanol–water partition coefficient (Wildman–Crippen LogP) is -0.0523. The third kappa shape index (κ3) is 8.62. The average Bonchev–Trinajstić information content (AvgIpc) is 3.10. The van der Waals surface area contributed by atoms with E-state index >= 15 is 0 Å². The lowest BCUT2D eigenvalue weighted by atomic mass is 10.1. The molecule has 166 valence electrons. The first kappa shape index (κ1) is 25.2. The molecule has 0 saturated carbocycles. The molecule has 1 aliphatic rings. The van der Waals surface area contributed by atoms with Crippen LogP contribution >= 0.6 is 0 Å². The van der Waals surface area contributed by atoms with Crippen molar-refractivity contribution >= 4 is 21.8 Å². The minimum absolute atomic E-state index is 0.189. The van der Waals surface area contributed by atoms with Gasteiger partial charge in [0.25, 0.3) is 5.69 Å². The number of likely N-dealkylation sites (N-methyl/N-ethyl adjacent to an activating group) is 2. The maximum absolute atomic E-state index is 10.9. The lowest BCUT2D eigenvalue weighted by Crippen LogP contribution is -3.06. The molecule has 11 heteroatoms. The lowest BCUT2D eigenvalue weighted by molar-refractivity contribution is -0.857. The molecule has 0 saturated heterocycles. The summed E-state index contributed by atoms with van der Waals surface area (Å²) in [5.74, 6) is 0. The summed E-state index contributed by atoms with van der Waals surface area (Å²) >= 11 is 0. The normalized spacial score (nSPS) is 13.4. The van der Waals surface area contributed by atoms with Gasteiger partial charge in [0, 0.05) is 44.0 Å². The number of anilines is 1.